The maximum absolute atomic E-state index is 12.9. The molecular weight excluding hydrogens is 328 g/mol. The van der Waals surface area contributed by atoms with Gasteiger partial charge in [-0.25, -0.2) is 0 Å². The molecular formula is C18H19ClN2OS. The highest BCUT2D eigenvalue weighted by Crippen LogP contribution is 2.37. The molecule has 1 N–H and O–H groups in total. The van der Waals surface area contributed by atoms with Crippen molar-refractivity contribution in [2.45, 2.75) is 37.9 Å². The summed E-state index contributed by atoms with van der Waals surface area (Å²) in [5.41, 5.74) is 2.12. The maximum atomic E-state index is 12.9. The summed E-state index contributed by atoms with van der Waals surface area (Å²) in [6.45, 7) is 2.40. The standard InChI is InChI=1S/C18H19ClN2OS/c19-16-7-6-15(23-16)12-21-9-3-8-18(21)10-13-4-1-2-5-14(13)11-20-17(18)22/h1-2,4-7H,3,8-12H2,(H,20,22). The van der Waals surface area contributed by atoms with Crippen molar-refractivity contribution < 1.29 is 4.79 Å². The molecule has 2 aliphatic rings. The van der Waals surface area contributed by atoms with Gasteiger partial charge in [0.1, 0.15) is 5.54 Å². The van der Waals surface area contributed by atoms with Crippen molar-refractivity contribution in [2.24, 2.45) is 0 Å². The first-order valence-corrected chi connectivity index (χ1v) is 9.21. The van der Waals surface area contributed by atoms with E-state index in [0.717, 1.165) is 36.7 Å². The fourth-order valence-electron chi connectivity index (χ4n) is 3.88. The van der Waals surface area contributed by atoms with E-state index in [1.807, 2.05) is 12.1 Å². The van der Waals surface area contributed by atoms with Crippen LogP contribution in [0.5, 0.6) is 0 Å². The first kappa shape index (κ1) is 15.2. The number of nitrogens with zero attached hydrogens (tertiary/aromatic N) is 1. The minimum absolute atomic E-state index is 0.175. The Morgan fingerprint density at radius 3 is 2.83 bits per heavy atom. The molecule has 1 unspecified atom stereocenters. The van der Waals surface area contributed by atoms with E-state index in [0.29, 0.717) is 6.54 Å². The lowest BCUT2D eigenvalue weighted by Gasteiger charge is -2.36. The van der Waals surface area contributed by atoms with Gasteiger partial charge in [-0.2, -0.15) is 0 Å². The summed E-state index contributed by atoms with van der Waals surface area (Å²) < 4.78 is 0.809. The third kappa shape index (κ3) is 2.69. The van der Waals surface area contributed by atoms with Crippen molar-refractivity contribution in [3.63, 3.8) is 0 Å². The summed E-state index contributed by atoms with van der Waals surface area (Å²) in [6, 6.07) is 12.4. The van der Waals surface area contributed by atoms with E-state index in [1.54, 1.807) is 11.3 Å². The Morgan fingerprint density at radius 1 is 1.22 bits per heavy atom. The highest BCUT2D eigenvalue weighted by molar-refractivity contribution is 7.16. The largest absolute Gasteiger partial charge is 0.350 e. The van der Waals surface area contributed by atoms with Gasteiger partial charge in [-0.15, -0.1) is 11.3 Å². The van der Waals surface area contributed by atoms with E-state index >= 15 is 0 Å². The molecule has 3 heterocycles. The summed E-state index contributed by atoms with van der Waals surface area (Å²) >= 11 is 7.67. The van der Waals surface area contributed by atoms with E-state index in [-0.39, 0.29) is 5.91 Å². The Hall–Kier alpha value is -1.36. The Kier molecular flexibility index (Phi) is 3.92. The summed E-state index contributed by atoms with van der Waals surface area (Å²) in [5.74, 6) is 0.175. The van der Waals surface area contributed by atoms with Gasteiger partial charge in [-0.3, -0.25) is 9.69 Å². The van der Waals surface area contributed by atoms with E-state index < -0.39 is 5.54 Å². The number of halogens is 1. The number of rotatable bonds is 2. The van der Waals surface area contributed by atoms with Crippen LogP contribution in [-0.2, 0) is 24.3 Å². The summed E-state index contributed by atoms with van der Waals surface area (Å²) in [4.78, 5) is 16.5. The molecule has 0 bridgehead atoms. The van der Waals surface area contributed by atoms with Crippen molar-refractivity contribution in [3.8, 4) is 0 Å². The van der Waals surface area contributed by atoms with Crippen LogP contribution in [0.4, 0.5) is 0 Å². The SMILES string of the molecule is O=C1NCc2ccccc2CC12CCCN2Cc1ccc(Cl)s1. The van der Waals surface area contributed by atoms with Crippen LogP contribution in [-0.4, -0.2) is 22.9 Å². The number of hydrogen-bond acceptors (Lipinski definition) is 3. The number of likely N-dealkylation sites (tertiary alicyclic amines) is 1. The molecule has 0 aliphatic carbocycles. The fourth-order valence-corrected chi connectivity index (χ4v) is 4.99. The van der Waals surface area contributed by atoms with Crippen molar-refractivity contribution in [2.75, 3.05) is 6.54 Å². The van der Waals surface area contributed by atoms with Crippen LogP contribution in [0.2, 0.25) is 4.34 Å². The smallest absolute Gasteiger partial charge is 0.241 e. The third-order valence-electron chi connectivity index (χ3n) is 5.06. The normalized spacial score (nSPS) is 24.5. The molecule has 1 atom stereocenters. The van der Waals surface area contributed by atoms with Crippen LogP contribution >= 0.6 is 22.9 Å². The highest BCUT2D eigenvalue weighted by Gasteiger charge is 2.48. The number of benzene rings is 1. The van der Waals surface area contributed by atoms with Crippen LogP contribution in [0.25, 0.3) is 0 Å². The van der Waals surface area contributed by atoms with Gasteiger partial charge in [0.25, 0.3) is 0 Å². The molecule has 1 saturated heterocycles. The molecule has 1 fully saturated rings. The van der Waals surface area contributed by atoms with E-state index in [1.165, 1.54) is 16.0 Å². The lowest BCUT2D eigenvalue weighted by molar-refractivity contribution is -0.132. The Balaban J connectivity index is 1.67. The van der Waals surface area contributed by atoms with Crippen LogP contribution in [0.3, 0.4) is 0 Å². The van der Waals surface area contributed by atoms with Crippen LogP contribution in [0, 0.1) is 0 Å². The third-order valence-corrected chi connectivity index (χ3v) is 6.28. The van der Waals surface area contributed by atoms with E-state index in [2.05, 4.69) is 34.5 Å². The van der Waals surface area contributed by atoms with Gasteiger partial charge in [0, 0.05) is 24.4 Å². The number of fused-ring (bicyclic) bond motifs is 1. The molecule has 5 heteroatoms. The Labute approximate surface area is 145 Å². The van der Waals surface area contributed by atoms with Gasteiger partial charge in [0.05, 0.1) is 4.34 Å². The average Bonchev–Trinajstić information content (AvgIpc) is 3.10. The lowest BCUT2D eigenvalue weighted by atomic mass is 9.87. The summed E-state index contributed by atoms with van der Waals surface area (Å²) in [7, 11) is 0. The first-order chi connectivity index (χ1) is 11.2. The van der Waals surface area contributed by atoms with Gasteiger partial charge in [-0.1, -0.05) is 35.9 Å². The average molecular weight is 347 g/mol. The van der Waals surface area contributed by atoms with Gasteiger partial charge in [-0.05, 0) is 42.6 Å². The topological polar surface area (TPSA) is 32.3 Å². The maximum Gasteiger partial charge on any atom is 0.241 e. The zero-order valence-electron chi connectivity index (χ0n) is 12.8. The van der Waals surface area contributed by atoms with Crippen molar-refractivity contribution in [1.29, 1.82) is 0 Å². The molecule has 1 spiro atoms. The van der Waals surface area contributed by atoms with E-state index in [9.17, 15) is 4.79 Å². The minimum Gasteiger partial charge on any atom is -0.350 e. The molecule has 120 valence electrons. The second-order valence-electron chi connectivity index (χ2n) is 6.39. The van der Waals surface area contributed by atoms with Crippen molar-refractivity contribution >= 4 is 28.8 Å². The lowest BCUT2D eigenvalue weighted by Crippen LogP contribution is -2.55. The molecule has 4 rings (SSSR count). The quantitative estimate of drug-likeness (QED) is 0.901. The van der Waals surface area contributed by atoms with Gasteiger partial charge < -0.3 is 5.32 Å². The monoisotopic (exact) mass is 346 g/mol. The second kappa shape index (κ2) is 5.93. The first-order valence-electron chi connectivity index (χ1n) is 8.02. The molecule has 0 radical (unpaired) electrons. The van der Waals surface area contributed by atoms with Crippen molar-refractivity contribution in [3.05, 3.63) is 56.7 Å². The fraction of sp³-hybridized carbons (Fsp3) is 0.389. The molecule has 1 aromatic heterocycles. The molecule has 1 aromatic carbocycles. The molecule has 23 heavy (non-hydrogen) atoms. The summed E-state index contributed by atoms with van der Waals surface area (Å²) in [5, 5.41) is 3.15. The van der Waals surface area contributed by atoms with E-state index in [4.69, 9.17) is 11.6 Å². The zero-order valence-corrected chi connectivity index (χ0v) is 14.4. The number of carbonyl (C=O) groups excluding carboxylic acids is 1. The number of carbonyl (C=O) groups is 1. The summed E-state index contributed by atoms with van der Waals surface area (Å²) in [6.07, 6.45) is 2.79. The Bertz CT molecular complexity index is 744. The predicted molar refractivity (Wildman–Crippen MR) is 93.7 cm³/mol. The molecule has 0 saturated carbocycles. The van der Waals surface area contributed by atoms with Crippen LogP contribution < -0.4 is 5.32 Å². The molecule has 2 aromatic rings. The van der Waals surface area contributed by atoms with Gasteiger partial charge in [0.15, 0.2) is 0 Å². The van der Waals surface area contributed by atoms with Crippen LogP contribution in [0.15, 0.2) is 36.4 Å². The van der Waals surface area contributed by atoms with Crippen molar-refractivity contribution in [1.82, 2.24) is 10.2 Å². The number of nitrogens with one attached hydrogen (secondary N) is 1. The zero-order chi connectivity index (χ0) is 15.9. The minimum atomic E-state index is -0.414. The number of hydrogen-bond donors (Lipinski definition) is 1. The number of thiophene rings is 1. The highest BCUT2D eigenvalue weighted by atomic mass is 35.5. The molecule has 3 nitrogen and oxygen atoms in total. The second-order valence-corrected chi connectivity index (χ2v) is 8.19. The molecule has 2 aliphatic heterocycles. The molecule has 1 amide bonds. The van der Waals surface area contributed by atoms with Gasteiger partial charge >= 0.3 is 0 Å². The van der Waals surface area contributed by atoms with Crippen LogP contribution in [0.1, 0.15) is 28.8 Å². The Morgan fingerprint density at radius 2 is 2.04 bits per heavy atom. The predicted octanol–water partition coefficient (Wildman–Crippen LogP) is 3.61. The van der Waals surface area contributed by atoms with Gasteiger partial charge in [0.2, 0.25) is 5.91 Å². The number of amides is 1.